The summed E-state index contributed by atoms with van der Waals surface area (Å²) in [5, 5.41) is 0.704. The van der Waals surface area contributed by atoms with Crippen LogP contribution in [0.4, 0.5) is 5.69 Å². The number of carbonyl (C=O) groups is 2. The van der Waals surface area contributed by atoms with E-state index in [0.717, 1.165) is 6.26 Å². The number of hydrogen-bond donors (Lipinski definition) is 1. The minimum Gasteiger partial charge on any atom is -0.465 e. The quantitative estimate of drug-likeness (QED) is 0.671. The summed E-state index contributed by atoms with van der Waals surface area (Å²) in [5.74, 6) is -1.08. The second kappa shape index (κ2) is 7.05. The fraction of sp³-hybridized carbons (Fsp3) is 0.111. The Morgan fingerprint density at radius 1 is 1.11 bits per heavy atom. The van der Waals surface area contributed by atoms with Gasteiger partial charge in [0.15, 0.2) is 0 Å². The number of benzene rings is 2. The number of carbonyl (C=O) groups excluding carboxylic acids is 2. The van der Waals surface area contributed by atoms with Crippen LogP contribution in [0.15, 0.2) is 48.7 Å². The molecule has 0 amide bonds. The molecule has 7 nitrogen and oxygen atoms in total. The Kier molecular flexibility index (Phi) is 4.95. The molecule has 9 heteroatoms. The molecule has 27 heavy (non-hydrogen) atoms. The molecule has 0 saturated carbocycles. The normalized spacial score (nSPS) is 11.4. The number of fused-ring (bicyclic) bond motifs is 1. The molecule has 0 unspecified atom stereocenters. The molecule has 0 saturated heterocycles. The fourth-order valence-corrected chi connectivity index (χ4v) is 3.47. The zero-order chi connectivity index (χ0) is 19.8. The van der Waals surface area contributed by atoms with E-state index in [1.807, 2.05) is 0 Å². The molecular weight excluding hydrogens is 392 g/mol. The van der Waals surface area contributed by atoms with Gasteiger partial charge in [0, 0.05) is 17.3 Å². The Bertz CT molecular complexity index is 1170. The highest BCUT2D eigenvalue weighted by Crippen LogP contribution is 2.27. The molecule has 140 valence electrons. The van der Waals surface area contributed by atoms with E-state index in [0.29, 0.717) is 10.9 Å². The van der Waals surface area contributed by atoms with Crippen LogP contribution >= 0.6 is 11.6 Å². The predicted octanol–water partition coefficient (Wildman–Crippen LogP) is 3.14. The van der Waals surface area contributed by atoms with Crippen molar-refractivity contribution in [1.82, 2.24) is 4.57 Å². The van der Waals surface area contributed by atoms with Gasteiger partial charge in [-0.3, -0.25) is 14.1 Å². The molecule has 1 heterocycles. The third-order valence-electron chi connectivity index (χ3n) is 3.84. The average Bonchev–Trinajstić information content (AvgIpc) is 3.00. The van der Waals surface area contributed by atoms with Crippen LogP contribution in [-0.4, -0.2) is 38.2 Å². The van der Waals surface area contributed by atoms with E-state index >= 15 is 0 Å². The first-order valence-corrected chi connectivity index (χ1v) is 9.98. The zero-order valence-corrected chi connectivity index (χ0v) is 16.0. The molecule has 1 aromatic heterocycles. The fourth-order valence-electron chi connectivity index (χ4n) is 2.72. The van der Waals surface area contributed by atoms with Crippen LogP contribution in [-0.2, 0) is 14.8 Å². The van der Waals surface area contributed by atoms with Crippen LogP contribution in [0.1, 0.15) is 20.7 Å². The number of sulfonamides is 1. The summed E-state index contributed by atoms with van der Waals surface area (Å²) in [5.41, 5.74) is 1.03. The van der Waals surface area contributed by atoms with E-state index in [1.165, 1.54) is 36.1 Å². The first kappa shape index (κ1) is 18.9. The Hall–Kier alpha value is -2.84. The van der Waals surface area contributed by atoms with E-state index in [2.05, 4.69) is 4.72 Å². The molecule has 1 N–H and O–H groups in total. The number of nitrogens with zero attached hydrogens (tertiary/aromatic N) is 1. The van der Waals surface area contributed by atoms with Crippen molar-refractivity contribution >= 4 is 50.1 Å². The minimum atomic E-state index is -3.51. The summed E-state index contributed by atoms with van der Waals surface area (Å²) in [7, 11) is -2.26. The van der Waals surface area contributed by atoms with Crippen LogP contribution < -0.4 is 4.72 Å². The molecule has 3 aromatic rings. The van der Waals surface area contributed by atoms with Crippen molar-refractivity contribution in [3.8, 4) is 0 Å². The Morgan fingerprint density at radius 3 is 2.48 bits per heavy atom. The molecule has 0 fully saturated rings. The van der Waals surface area contributed by atoms with Gasteiger partial charge in [0.05, 0.1) is 35.0 Å². The van der Waals surface area contributed by atoms with Crippen LogP contribution in [0.2, 0.25) is 5.02 Å². The zero-order valence-electron chi connectivity index (χ0n) is 14.4. The standard InChI is InChI=1S/C18H15ClN2O5S/c1-26-18(23)14-10-21(16-6-4-3-5-12(14)16)17(22)13-9-11(7-8-15(13)19)20-27(2,24)25/h3-10,20H,1-2H3. The van der Waals surface area contributed by atoms with Gasteiger partial charge in [0.2, 0.25) is 10.0 Å². The highest BCUT2D eigenvalue weighted by Gasteiger charge is 2.21. The first-order chi connectivity index (χ1) is 12.7. The lowest BCUT2D eigenvalue weighted by molar-refractivity contribution is 0.0603. The SMILES string of the molecule is COC(=O)c1cn(C(=O)c2cc(NS(C)(=O)=O)ccc2Cl)c2ccccc12. The van der Waals surface area contributed by atoms with Crippen molar-refractivity contribution in [2.24, 2.45) is 0 Å². The Balaban J connectivity index is 2.14. The highest BCUT2D eigenvalue weighted by molar-refractivity contribution is 7.92. The number of esters is 1. The maximum Gasteiger partial charge on any atom is 0.340 e. The van der Waals surface area contributed by atoms with E-state index in [9.17, 15) is 18.0 Å². The Morgan fingerprint density at radius 2 is 1.81 bits per heavy atom. The Labute approximate surface area is 160 Å². The molecule has 0 bridgehead atoms. The van der Waals surface area contributed by atoms with Gasteiger partial charge in [0.25, 0.3) is 5.91 Å². The first-order valence-electron chi connectivity index (χ1n) is 7.71. The van der Waals surface area contributed by atoms with Crippen LogP contribution in [0, 0.1) is 0 Å². The van der Waals surface area contributed by atoms with E-state index in [4.69, 9.17) is 16.3 Å². The topological polar surface area (TPSA) is 94.5 Å². The monoisotopic (exact) mass is 406 g/mol. The molecule has 2 aromatic carbocycles. The maximum atomic E-state index is 13.1. The van der Waals surface area contributed by atoms with E-state index in [1.54, 1.807) is 24.3 Å². The number of hydrogen-bond acceptors (Lipinski definition) is 5. The van der Waals surface area contributed by atoms with E-state index in [-0.39, 0.29) is 21.8 Å². The number of ether oxygens (including phenoxy) is 1. The summed E-state index contributed by atoms with van der Waals surface area (Å²) in [6.07, 6.45) is 2.39. The molecule has 0 aliphatic heterocycles. The van der Waals surface area contributed by atoms with Crippen molar-refractivity contribution in [3.05, 3.63) is 64.8 Å². The molecular formula is C18H15ClN2O5S. The van der Waals surface area contributed by atoms with Gasteiger partial charge in [0.1, 0.15) is 0 Å². The lowest BCUT2D eigenvalue weighted by Crippen LogP contribution is -2.14. The highest BCUT2D eigenvalue weighted by atomic mass is 35.5. The lowest BCUT2D eigenvalue weighted by atomic mass is 10.1. The summed E-state index contributed by atoms with van der Waals surface area (Å²) < 4.78 is 31.2. The van der Waals surface area contributed by atoms with Crippen LogP contribution in [0.25, 0.3) is 10.9 Å². The molecule has 0 atom stereocenters. The second-order valence-electron chi connectivity index (χ2n) is 5.80. The number of anilines is 1. The third-order valence-corrected chi connectivity index (χ3v) is 4.77. The summed E-state index contributed by atoms with van der Waals surface area (Å²) in [4.78, 5) is 25.1. The van der Waals surface area contributed by atoms with Gasteiger partial charge in [-0.15, -0.1) is 0 Å². The number of halogens is 1. The molecule has 0 radical (unpaired) electrons. The number of methoxy groups -OCH3 is 1. The molecule has 0 aliphatic rings. The van der Waals surface area contributed by atoms with Gasteiger partial charge in [-0.25, -0.2) is 13.2 Å². The van der Waals surface area contributed by atoms with Gasteiger partial charge in [-0.05, 0) is 24.3 Å². The van der Waals surface area contributed by atoms with Crippen molar-refractivity contribution in [2.75, 3.05) is 18.1 Å². The van der Waals surface area contributed by atoms with Gasteiger partial charge in [-0.2, -0.15) is 0 Å². The summed E-state index contributed by atoms with van der Waals surface area (Å²) >= 11 is 6.16. The van der Waals surface area contributed by atoms with Crippen molar-refractivity contribution in [3.63, 3.8) is 0 Å². The number of rotatable bonds is 4. The van der Waals surface area contributed by atoms with Crippen LogP contribution in [0.5, 0.6) is 0 Å². The number of para-hydroxylation sites is 1. The minimum absolute atomic E-state index is 0.0856. The van der Waals surface area contributed by atoms with Gasteiger partial charge in [-0.1, -0.05) is 29.8 Å². The summed E-state index contributed by atoms with van der Waals surface area (Å²) in [6.45, 7) is 0. The summed E-state index contributed by atoms with van der Waals surface area (Å²) in [6, 6.07) is 11.1. The van der Waals surface area contributed by atoms with Gasteiger partial charge >= 0.3 is 5.97 Å². The lowest BCUT2D eigenvalue weighted by Gasteiger charge is -2.09. The third kappa shape index (κ3) is 3.81. The molecule has 0 spiro atoms. The number of nitrogens with one attached hydrogen (secondary N) is 1. The van der Waals surface area contributed by atoms with Crippen molar-refractivity contribution < 1.29 is 22.7 Å². The molecule has 0 aliphatic carbocycles. The van der Waals surface area contributed by atoms with Crippen LogP contribution in [0.3, 0.4) is 0 Å². The van der Waals surface area contributed by atoms with Gasteiger partial charge < -0.3 is 4.74 Å². The maximum absolute atomic E-state index is 13.1. The van der Waals surface area contributed by atoms with E-state index < -0.39 is 21.9 Å². The second-order valence-corrected chi connectivity index (χ2v) is 7.95. The average molecular weight is 407 g/mol. The predicted molar refractivity (Wildman–Crippen MR) is 103 cm³/mol. The van der Waals surface area contributed by atoms with Crippen molar-refractivity contribution in [1.29, 1.82) is 0 Å². The smallest absolute Gasteiger partial charge is 0.340 e. The number of aromatic nitrogens is 1. The van der Waals surface area contributed by atoms with Crippen molar-refractivity contribution in [2.45, 2.75) is 0 Å². The molecule has 3 rings (SSSR count). The largest absolute Gasteiger partial charge is 0.465 e.